The molecular formula is C11H12F3NO2. The maximum absolute atomic E-state index is 13.3. The Labute approximate surface area is 96.6 Å². The quantitative estimate of drug-likeness (QED) is 0.606. The first-order valence-electron chi connectivity index (χ1n) is 5.05. The van der Waals surface area contributed by atoms with Gasteiger partial charge in [-0.05, 0) is 19.4 Å². The van der Waals surface area contributed by atoms with Crippen molar-refractivity contribution in [1.82, 2.24) is 4.98 Å². The molecule has 0 saturated carbocycles. The summed E-state index contributed by atoms with van der Waals surface area (Å²) >= 11 is 0. The number of aromatic nitrogens is 1. The van der Waals surface area contributed by atoms with Gasteiger partial charge in [0.15, 0.2) is 0 Å². The summed E-state index contributed by atoms with van der Waals surface area (Å²) in [6.45, 7) is 3.09. The molecule has 0 aliphatic heterocycles. The summed E-state index contributed by atoms with van der Waals surface area (Å²) < 4.78 is 43.1. The highest BCUT2D eigenvalue weighted by atomic mass is 19.3. The lowest BCUT2D eigenvalue weighted by molar-refractivity contribution is -0.142. The Morgan fingerprint density at radius 2 is 2.18 bits per heavy atom. The highest BCUT2D eigenvalue weighted by molar-refractivity contribution is 5.73. The van der Waals surface area contributed by atoms with Gasteiger partial charge in [-0.2, -0.15) is 4.39 Å². The summed E-state index contributed by atoms with van der Waals surface area (Å²) in [6, 6.07) is 0. The number of carbonyl (C=O) groups is 1. The summed E-state index contributed by atoms with van der Waals surface area (Å²) in [5, 5.41) is 0. The lowest BCUT2D eigenvalue weighted by Crippen LogP contribution is -2.12. The molecule has 3 nitrogen and oxygen atoms in total. The van der Waals surface area contributed by atoms with Gasteiger partial charge in [0, 0.05) is 17.3 Å². The van der Waals surface area contributed by atoms with Crippen molar-refractivity contribution in [3.63, 3.8) is 0 Å². The number of nitrogens with zero attached hydrogens (tertiary/aromatic N) is 1. The topological polar surface area (TPSA) is 39.2 Å². The first-order chi connectivity index (χ1) is 7.97. The summed E-state index contributed by atoms with van der Waals surface area (Å²) in [7, 11) is 0. The van der Waals surface area contributed by atoms with E-state index in [4.69, 9.17) is 0 Å². The van der Waals surface area contributed by atoms with Gasteiger partial charge in [-0.3, -0.25) is 4.79 Å². The van der Waals surface area contributed by atoms with Gasteiger partial charge in [0.05, 0.1) is 13.0 Å². The van der Waals surface area contributed by atoms with E-state index in [2.05, 4.69) is 9.72 Å². The third kappa shape index (κ3) is 3.18. The van der Waals surface area contributed by atoms with E-state index in [1.807, 2.05) is 0 Å². The van der Waals surface area contributed by atoms with Gasteiger partial charge in [-0.15, -0.1) is 0 Å². The lowest BCUT2D eigenvalue weighted by atomic mass is 10.0. The van der Waals surface area contributed by atoms with Crippen LogP contribution >= 0.6 is 0 Å². The van der Waals surface area contributed by atoms with E-state index in [0.717, 1.165) is 6.20 Å². The number of rotatable bonds is 4. The molecule has 0 fully saturated rings. The molecule has 0 N–H and O–H groups in total. The number of ether oxygens (including phenoxy) is 1. The molecule has 0 aliphatic rings. The van der Waals surface area contributed by atoms with E-state index in [1.165, 1.54) is 6.92 Å². The van der Waals surface area contributed by atoms with Crippen LogP contribution in [-0.2, 0) is 16.0 Å². The summed E-state index contributed by atoms with van der Waals surface area (Å²) in [6.07, 6.45) is -2.35. The first kappa shape index (κ1) is 13.5. The molecule has 0 aromatic carbocycles. The Morgan fingerprint density at radius 3 is 2.71 bits per heavy atom. The molecule has 0 bridgehead atoms. The Hall–Kier alpha value is -1.59. The average Bonchev–Trinajstić information content (AvgIpc) is 2.24. The minimum atomic E-state index is -2.75. The Morgan fingerprint density at radius 1 is 1.53 bits per heavy atom. The lowest BCUT2D eigenvalue weighted by Gasteiger charge is -2.10. The van der Waals surface area contributed by atoms with Crippen LogP contribution in [0.5, 0.6) is 0 Å². The van der Waals surface area contributed by atoms with Gasteiger partial charge in [-0.1, -0.05) is 0 Å². The molecule has 1 rings (SSSR count). The van der Waals surface area contributed by atoms with Crippen molar-refractivity contribution in [1.29, 1.82) is 0 Å². The minimum Gasteiger partial charge on any atom is -0.466 e. The summed E-state index contributed by atoms with van der Waals surface area (Å²) in [4.78, 5) is 14.4. The molecule has 1 aromatic heterocycles. The predicted molar refractivity (Wildman–Crippen MR) is 54.2 cm³/mol. The smallest absolute Gasteiger partial charge is 0.310 e. The predicted octanol–water partition coefficient (Wildman–Crippen LogP) is 2.57. The van der Waals surface area contributed by atoms with Gasteiger partial charge in [0.1, 0.15) is 0 Å². The van der Waals surface area contributed by atoms with E-state index in [9.17, 15) is 18.0 Å². The molecule has 0 radical (unpaired) electrons. The second-order valence-corrected chi connectivity index (χ2v) is 3.39. The highest BCUT2D eigenvalue weighted by Gasteiger charge is 2.19. The molecule has 0 atom stereocenters. The zero-order valence-electron chi connectivity index (χ0n) is 9.47. The molecule has 6 heteroatoms. The second-order valence-electron chi connectivity index (χ2n) is 3.39. The Bertz CT molecular complexity index is 421. The second kappa shape index (κ2) is 5.65. The van der Waals surface area contributed by atoms with Gasteiger partial charge >= 0.3 is 5.97 Å². The van der Waals surface area contributed by atoms with E-state index < -0.39 is 18.3 Å². The van der Waals surface area contributed by atoms with Gasteiger partial charge < -0.3 is 4.74 Å². The third-order valence-corrected chi connectivity index (χ3v) is 2.31. The molecule has 0 unspecified atom stereocenters. The molecule has 0 aliphatic carbocycles. The summed E-state index contributed by atoms with van der Waals surface area (Å²) in [5.74, 6) is -1.58. The van der Waals surface area contributed by atoms with E-state index in [-0.39, 0.29) is 29.7 Å². The van der Waals surface area contributed by atoms with Gasteiger partial charge in [0.25, 0.3) is 6.43 Å². The molecule has 94 valence electrons. The molecule has 17 heavy (non-hydrogen) atoms. The normalized spacial score (nSPS) is 10.7. The Kier molecular flexibility index (Phi) is 4.48. The maximum atomic E-state index is 13.3. The fourth-order valence-corrected chi connectivity index (χ4v) is 1.41. The zero-order chi connectivity index (χ0) is 13.0. The van der Waals surface area contributed by atoms with Crippen molar-refractivity contribution in [3.05, 3.63) is 28.8 Å². The number of pyridine rings is 1. The van der Waals surface area contributed by atoms with Crippen LogP contribution in [0.1, 0.15) is 30.0 Å². The molecule has 0 amide bonds. The standard InChI is InChI=1S/C11H12F3NO2/c1-3-17-9(16)4-7-6(2)8(10(12)13)5-15-11(7)14/h5,10H,3-4H2,1-2H3. The number of hydrogen-bond donors (Lipinski definition) is 0. The minimum absolute atomic E-state index is 0.0422. The molecule has 0 spiro atoms. The fourth-order valence-electron chi connectivity index (χ4n) is 1.41. The maximum Gasteiger partial charge on any atom is 0.310 e. The van der Waals surface area contributed by atoms with Crippen molar-refractivity contribution >= 4 is 5.97 Å². The van der Waals surface area contributed by atoms with Gasteiger partial charge in [-0.25, -0.2) is 13.8 Å². The molecule has 1 heterocycles. The fraction of sp³-hybridized carbons (Fsp3) is 0.455. The van der Waals surface area contributed by atoms with Crippen LogP contribution < -0.4 is 0 Å². The van der Waals surface area contributed by atoms with Crippen LogP contribution in [0.3, 0.4) is 0 Å². The monoisotopic (exact) mass is 247 g/mol. The van der Waals surface area contributed by atoms with Crippen LogP contribution in [-0.4, -0.2) is 17.6 Å². The molecule has 0 saturated heterocycles. The van der Waals surface area contributed by atoms with E-state index >= 15 is 0 Å². The van der Waals surface area contributed by atoms with Crippen molar-refractivity contribution in [2.24, 2.45) is 0 Å². The number of halogens is 3. The third-order valence-electron chi connectivity index (χ3n) is 2.31. The largest absolute Gasteiger partial charge is 0.466 e. The van der Waals surface area contributed by atoms with Crippen molar-refractivity contribution < 1.29 is 22.7 Å². The SMILES string of the molecule is CCOC(=O)Cc1c(F)ncc(C(F)F)c1C. The van der Waals surface area contributed by atoms with Gasteiger partial charge in [0.2, 0.25) is 5.95 Å². The summed E-state index contributed by atoms with van der Waals surface area (Å²) in [5.41, 5.74) is -0.465. The van der Waals surface area contributed by atoms with Crippen LogP contribution in [0.4, 0.5) is 13.2 Å². The Balaban J connectivity index is 3.05. The van der Waals surface area contributed by atoms with E-state index in [0.29, 0.717) is 0 Å². The number of hydrogen-bond acceptors (Lipinski definition) is 3. The van der Waals surface area contributed by atoms with Crippen LogP contribution in [0, 0.1) is 12.9 Å². The highest BCUT2D eigenvalue weighted by Crippen LogP contribution is 2.25. The zero-order valence-corrected chi connectivity index (χ0v) is 9.47. The van der Waals surface area contributed by atoms with Crippen molar-refractivity contribution in [3.8, 4) is 0 Å². The number of alkyl halides is 2. The van der Waals surface area contributed by atoms with Crippen LogP contribution in [0.25, 0.3) is 0 Å². The average molecular weight is 247 g/mol. The van der Waals surface area contributed by atoms with Crippen molar-refractivity contribution in [2.75, 3.05) is 6.61 Å². The molecule has 1 aromatic rings. The number of esters is 1. The van der Waals surface area contributed by atoms with Crippen LogP contribution in [0.2, 0.25) is 0 Å². The first-order valence-corrected chi connectivity index (χ1v) is 5.05. The van der Waals surface area contributed by atoms with Crippen LogP contribution in [0.15, 0.2) is 6.20 Å². The molecular weight excluding hydrogens is 235 g/mol. The number of carbonyl (C=O) groups excluding carboxylic acids is 1. The van der Waals surface area contributed by atoms with Crippen molar-refractivity contribution in [2.45, 2.75) is 26.7 Å². The van der Waals surface area contributed by atoms with E-state index in [1.54, 1.807) is 6.92 Å².